The molecule has 0 aromatic heterocycles. The van der Waals surface area contributed by atoms with E-state index < -0.39 is 10.8 Å². The number of thioether (sulfide) groups is 1. The van der Waals surface area contributed by atoms with Crippen molar-refractivity contribution in [3.05, 3.63) is 93.5 Å². The molecule has 29 heavy (non-hydrogen) atoms. The summed E-state index contributed by atoms with van der Waals surface area (Å²) in [6.07, 6.45) is 0. The summed E-state index contributed by atoms with van der Waals surface area (Å²) >= 11 is 7.72. The van der Waals surface area contributed by atoms with Crippen molar-refractivity contribution in [2.75, 3.05) is 17.7 Å². The molecule has 0 aliphatic rings. The van der Waals surface area contributed by atoms with Crippen LogP contribution in [0, 0.1) is 10.1 Å². The number of nitrogens with zero attached hydrogens (tertiary/aromatic N) is 1. The first kappa shape index (κ1) is 20.7. The molecule has 3 aromatic rings. The quantitative estimate of drug-likeness (QED) is 0.216. The van der Waals surface area contributed by atoms with Crippen molar-refractivity contribution < 1.29 is 14.5 Å². The average Bonchev–Trinajstić information content (AvgIpc) is 2.74. The van der Waals surface area contributed by atoms with Gasteiger partial charge >= 0.3 is 0 Å². The third-order valence-corrected chi connectivity index (χ3v) is 5.20. The number of rotatable bonds is 8. The Morgan fingerprint density at radius 2 is 1.79 bits per heavy atom. The maximum Gasteiger partial charge on any atom is 0.271 e. The van der Waals surface area contributed by atoms with Gasteiger partial charge < -0.3 is 10.1 Å². The molecule has 0 saturated carbocycles. The SMILES string of the molecule is O=C(Nc1cc([N+](=O)[O-])ccc1Cl)c1ccc(OCCSc2ccccc2)cc1. The second-order valence-corrected chi connectivity index (χ2v) is 7.49. The number of nitrogens with one attached hydrogen (secondary N) is 1. The fourth-order valence-corrected chi connectivity index (χ4v) is 3.37. The number of hydrogen-bond acceptors (Lipinski definition) is 5. The third kappa shape index (κ3) is 5.97. The van der Waals surface area contributed by atoms with E-state index in [4.69, 9.17) is 16.3 Å². The molecule has 0 bridgehead atoms. The van der Waals surface area contributed by atoms with Crippen LogP contribution in [0.4, 0.5) is 11.4 Å². The number of carbonyl (C=O) groups excluding carboxylic acids is 1. The fourth-order valence-electron chi connectivity index (χ4n) is 2.46. The van der Waals surface area contributed by atoms with Crippen LogP contribution in [0.25, 0.3) is 0 Å². The predicted octanol–water partition coefficient (Wildman–Crippen LogP) is 5.67. The number of non-ortho nitro benzene ring substituents is 1. The molecule has 0 heterocycles. The number of hydrogen-bond donors (Lipinski definition) is 1. The predicted molar refractivity (Wildman–Crippen MR) is 115 cm³/mol. The van der Waals surface area contributed by atoms with Crippen LogP contribution < -0.4 is 10.1 Å². The van der Waals surface area contributed by atoms with E-state index in [1.807, 2.05) is 30.3 Å². The van der Waals surface area contributed by atoms with Gasteiger partial charge in [0.15, 0.2) is 0 Å². The molecule has 0 radical (unpaired) electrons. The van der Waals surface area contributed by atoms with Crippen LogP contribution in [0.1, 0.15) is 10.4 Å². The van der Waals surface area contributed by atoms with Gasteiger partial charge in [-0.15, -0.1) is 11.8 Å². The Kier molecular flexibility index (Phi) is 7.10. The Morgan fingerprint density at radius 3 is 2.48 bits per heavy atom. The van der Waals surface area contributed by atoms with Gasteiger partial charge in [0.05, 0.1) is 22.2 Å². The lowest BCUT2D eigenvalue weighted by atomic mass is 10.2. The van der Waals surface area contributed by atoms with Crippen LogP contribution in [-0.4, -0.2) is 23.2 Å². The summed E-state index contributed by atoms with van der Waals surface area (Å²) in [6.45, 7) is 0.536. The van der Waals surface area contributed by atoms with Gasteiger partial charge in [0.2, 0.25) is 0 Å². The Labute approximate surface area is 177 Å². The lowest BCUT2D eigenvalue weighted by Crippen LogP contribution is -2.12. The van der Waals surface area contributed by atoms with E-state index in [1.165, 1.54) is 23.1 Å². The van der Waals surface area contributed by atoms with Crippen molar-refractivity contribution >= 4 is 40.6 Å². The van der Waals surface area contributed by atoms with Gasteiger partial charge in [0.25, 0.3) is 11.6 Å². The van der Waals surface area contributed by atoms with Crippen molar-refractivity contribution in [2.24, 2.45) is 0 Å². The molecule has 1 N–H and O–H groups in total. The highest BCUT2D eigenvalue weighted by Gasteiger charge is 2.13. The molecule has 3 rings (SSSR count). The van der Waals surface area contributed by atoms with E-state index in [2.05, 4.69) is 5.32 Å². The van der Waals surface area contributed by atoms with Gasteiger partial charge in [0, 0.05) is 28.3 Å². The van der Waals surface area contributed by atoms with Gasteiger partial charge in [-0.25, -0.2) is 0 Å². The maximum atomic E-state index is 12.4. The van der Waals surface area contributed by atoms with Crippen molar-refractivity contribution in [3.63, 3.8) is 0 Å². The number of carbonyl (C=O) groups is 1. The van der Waals surface area contributed by atoms with E-state index in [9.17, 15) is 14.9 Å². The number of anilines is 1. The van der Waals surface area contributed by atoms with Crippen LogP contribution in [-0.2, 0) is 0 Å². The summed E-state index contributed by atoms with van der Waals surface area (Å²) in [7, 11) is 0. The lowest BCUT2D eigenvalue weighted by Gasteiger charge is -2.09. The molecule has 1 amide bonds. The van der Waals surface area contributed by atoms with Gasteiger partial charge in [0.1, 0.15) is 5.75 Å². The summed E-state index contributed by atoms with van der Waals surface area (Å²) < 4.78 is 5.69. The Hall–Kier alpha value is -3.03. The summed E-state index contributed by atoms with van der Waals surface area (Å²) in [5, 5.41) is 13.7. The Balaban J connectivity index is 1.53. The smallest absolute Gasteiger partial charge is 0.271 e. The highest BCUT2D eigenvalue weighted by molar-refractivity contribution is 7.99. The fraction of sp³-hybridized carbons (Fsp3) is 0.0952. The number of halogens is 1. The van der Waals surface area contributed by atoms with Crippen molar-refractivity contribution in [1.29, 1.82) is 0 Å². The zero-order valence-corrected chi connectivity index (χ0v) is 16.8. The monoisotopic (exact) mass is 428 g/mol. The molecular formula is C21H17ClN2O4S. The van der Waals surface area contributed by atoms with E-state index in [1.54, 1.807) is 36.0 Å². The normalized spacial score (nSPS) is 10.4. The first-order valence-corrected chi connectivity index (χ1v) is 10.1. The molecule has 6 nitrogen and oxygen atoms in total. The molecule has 3 aromatic carbocycles. The minimum atomic E-state index is -0.547. The molecule has 0 atom stereocenters. The molecule has 0 unspecified atom stereocenters. The van der Waals surface area contributed by atoms with Gasteiger partial charge in [-0.05, 0) is 42.5 Å². The van der Waals surface area contributed by atoms with Crippen molar-refractivity contribution in [1.82, 2.24) is 0 Å². The molecule has 0 spiro atoms. The molecule has 0 aliphatic heterocycles. The summed E-state index contributed by atoms with van der Waals surface area (Å²) in [6, 6.07) is 20.6. The summed E-state index contributed by atoms with van der Waals surface area (Å²) in [4.78, 5) is 23.9. The number of ether oxygens (including phenoxy) is 1. The number of nitro groups is 1. The van der Waals surface area contributed by atoms with Gasteiger partial charge in [-0.2, -0.15) is 0 Å². The standard InChI is InChI=1S/C21H17ClN2O4S/c22-19-11-8-16(24(26)27)14-20(19)23-21(25)15-6-9-17(10-7-15)28-12-13-29-18-4-2-1-3-5-18/h1-11,14H,12-13H2,(H,23,25). The van der Waals surface area contributed by atoms with Crippen LogP contribution in [0.2, 0.25) is 5.02 Å². The van der Waals surface area contributed by atoms with Gasteiger partial charge in [-0.3, -0.25) is 14.9 Å². The second kappa shape index (κ2) is 9.95. The number of nitro benzene ring substituents is 1. The van der Waals surface area contributed by atoms with Crippen LogP contribution >= 0.6 is 23.4 Å². The molecule has 148 valence electrons. The minimum Gasteiger partial charge on any atom is -0.493 e. The molecule has 8 heteroatoms. The van der Waals surface area contributed by atoms with Crippen LogP contribution in [0.15, 0.2) is 77.7 Å². The van der Waals surface area contributed by atoms with E-state index >= 15 is 0 Å². The zero-order valence-electron chi connectivity index (χ0n) is 15.2. The van der Waals surface area contributed by atoms with Crippen LogP contribution in [0.3, 0.4) is 0 Å². The largest absolute Gasteiger partial charge is 0.493 e. The second-order valence-electron chi connectivity index (χ2n) is 5.91. The highest BCUT2D eigenvalue weighted by Crippen LogP contribution is 2.27. The maximum absolute atomic E-state index is 12.4. The Bertz CT molecular complexity index is 997. The highest BCUT2D eigenvalue weighted by atomic mass is 35.5. The molecule has 0 aliphatic carbocycles. The zero-order chi connectivity index (χ0) is 20.6. The molecule has 0 saturated heterocycles. The minimum absolute atomic E-state index is 0.151. The number of benzene rings is 3. The lowest BCUT2D eigenvalue weighted by molar-refractivity contribution is -0.384. The van der Waals surface area contributed by atoms with Crippen molar-refractivity contribution in [2.45, 2.75) is 4.90 Å². The topological polar surface area (TPSA) is 81.5 Å². The number of amides is 1. The van der Waals surface area contributed by atoms with Crippen molar-refractivity contribution in [3.8, 4) is 5.75 Å². The molecular weight excluding hydrogens is 412 g/mol. The summed E-state index contributed by atoms with van der Waals surface area (Å²) in [5.74, 6) is 1.04. The van der Waals surface area contributed by atoms with E-state index in [-0.39, 0.29) is 16.4 Å². The first-order chi connectivity index (χ1) is 14.0. The van der Waals surface area contributed by atoms with Gasteiger partial charge in [-0.1, -0.05) is 29.8 Å². The van der Waals surface area contributed by atoms with Crippen LogP contribution in [0.5, 0.6) is 5.75 Å². The Morgan fingerprint density at radius 1 is 1.07 bits per heavy atom. The average molecular weight is 429 g/mol. The first-order valence-electron chi connectivity index (χ1n) is 8.69. The molecule has 0 fully saturated rings. The summed E-state index contributed by atoms with van der Waals surface area (Å²) in [5.41, 5.74) is 0.421. The van der Waals surface area contributed by atoms with E-state index in [0.717, 1.165) is 5.75 Å². The third-order valence-electron chi connectivity index (χ3n) is 3.89. The van der Waals surface area contributed by atoms with E-state index in [0.29, 0.717) is 17.9 Å².